The van der Waals surface area contributed by atoms with Gasteiger partial charge in [0.1, 0.15) is 5.52 Å². The summed E-state index contributed by atoms with van der Waals surface area (Å²) in [5.41, 5.74) is 0.806. The summed E-state index contributed by atoms with van der Waals surface area (Å²) >= 11 is 6.46. The maximum atomic E-state index is 13.2. The van der Waals surface area contributed by atoms with Crippen LogP contribution in [0.5, 0.6) is 0 Å². The molecular formula is C20H13ClF3N5O. The number of nitrogens with zero attached hydrogens (tertiary/aromatic N) is 3. The molecule has 0 aliphatic heterocycles. The first kappa shape index (κ1) is 18.8. The molecule has 0 amide bonds. The maximum Gasteiger partial charge on any atom is 0.434 e. The van der Waals surface area contributed by atoms with Gasteiger partial charge in [-0.15, -0.1) is 0 Å². The second-order valence-electron chi connectivity index (χ2n) is 7.11. The van der Waals surface area contributed by atoms with Crippen molar-refractivity contribution >= 4 is 28.4 Å². The van der Waals surface area contributed by atoms with E-state index in [0.29, 0.717) is 33.5 Å². The summed E-state index contributed by atoms with van der Waals surface area (Å²) in [5, 5.41) is 0.516. The zero-order valence-electron chi connectivity index (χ0n) is 15.2. The average molecular weight is 432 g/mol. The minimum atomic E-state index is -4.73. The van der Waals surface area contributed by atoms with E-state index in [4.69, 9.17) is 11.6 Å². The Morgan fingerprint density at radius 3 is 2.77 bits per heavy atom. The minimum Gasteiger partial charge on any atom is -0.358 e. The lowest BCUT2D eigenvalue weighted by Crippen LogP contribution is -2.15. The molecule has 6 nitrogen and oxygen atoms in total. The van der Waals surface area contributed by atoms with Gasteiger partial charge in [0.25, 0.3) is 0 Å². The van der Waals surface area contributed by atoms with E-state index >= 15 is 0 Å². The molecule has 0 bridgehead atoms. The number of H-pyrrole nitrogens is 2. The summed E-state index contributed by atoms with van der Waals surface area (Å²) in [7, 11) is 0. The van der Waals surface area contributed by atoms with Gasteiger partial charge in [-0.1, -0.05) is 11.6 Å². The zero-order chi connectivity index (χ0) is 21.0. The largest absolute Gasteiger partial charge is 0.434 e. The molecule has 1 aliphatic rings. The highest BCUT2D eigenvalue weighted by atomic mass is 35.5. The van der Waals surface area contributed by atoms with Gasteiger partial charge in [0.05, 0.1) is 33.7 Å². The van der Waals surface area contributed by atoms with Crippen molar-refractivity contribution in [2.24, 2.45) is 0 Å². The molecule has 30 heavy (non-hydrogen) atoms. The summed E-state index contributed by atoms with van der Waals surface area (Å²) in [6.07, 6.45) is 1.35. The third-order valence-electron chi connectivity index (χ3n) is 4.99. The number of ketones is 1. The lowest BCUT2D eigenvalue weighted by atomic mass is 10.0. The minimum absolute atomic E-state index is 0.0619. The number of hydrogen-bond acceptors (Lipinski definition) is 4. The molecule has 4 heterocycles. The normalized spacial score (nSPS) is 14.4. The van der Waals surface area contributed by atoms with Crippen LogP contribution in [-0.4, -0.2) is 30.7 Å². The highest BCUT2D eigenvalue weighted by Gasteiger charge is 2.37. The van der Waals surface area contributed by atoms with Gasteiger partial charge in [0, 0.05) is 23.9 Å². The number of aromatic nitrogens is 5. The smallest absolute Gasteiger partial charge is 0.358 e. The third kappa shape index (κ3) is 3.15. The fourth-order valence-electron chi connectivity index (χ4n) is 3.36. The van der Waals surface area contributed by atoms with Gasteiger partial charge in [-0.2, -0.15) is 13.2 Å². The van der Waals surface area contributed by atoms with E-state index < -0.39 is 23.2 Å². The van der Waals surface area contributed by atoms with E-state index in [-0.39, 0.29) is 5.56 Å². The van der Waals surface area contributed by atoms with Gasteiger partial charge in [-0.25, -0.2) is 4.98 Å². The van der Waals surface area contributed by atoms with Crippen LogP contribution in [0, 0.1) is 0 Å². The van der Waals surface area contributed by atoms with E-state index in [1.807, 2.05) is 0 Å². The molecule has 1 fully saturated rings. The predicted octanol–water partition coefficient (Wildman–Crippen LogP) is 5.13. The van der Waals surface area contributed by atoms with Crippen LogP contribution < -0.4 is 0 Å². The molecule has 0 atom stereocenters. The summed E-state index contributed by atoms with van der Waals surface area (Å²) in [4.78, 5) is 30.8. The number of halogens is 4. The van der Waals surface area contributed by atoms with Crippen molar-refractivity contribution in [3.8, 4) is 11.5 Å². The van der Waals surface area contributed by atoms with Crippen LogP contribution in [0.4, 0.5) is 13.2 Å². The molecule has 1 aliphatic carbocycles. The molecule has 0 spiro atoms. The second-order valence-corrected chi connectivity index (χ2v) is 7.48. The Kier molecular flexibility index (Phi) is 4.18. The lowest BCUT2D eigenvalue weighted by Gasteiger charge is -2.09. The molecule has 4 aromatic heterocycles. The maximum absolute atomic E-state index is 13.2. The first-order valence-corrected chi connectivity index (χ1v) is 9.50. The van der Waals surface area contributed by atoms with E-state index in [2.05, 4.69) is 24.9 Å². The van der Waals surface area contributed by atoms with E-state index in [9.17, 15) is 18.0 Å². The number of imidazole rings is 1. The summed E-state index contributed by atoms with van der Waals surface area (Å²) in [5.74, 6) is -0.0154. The SMILES string of the molecule is O=C(c1c[nH]c(-c2nc3cnc(C4CC4)c(Cl)c3[nH]2)c1)c1cccnc1C(F)(F)F. The van der Waals surface area contributed by atoms with Gasteiger partial charge in [-0.3, -0.25) is 14.8 Å². The predicted molar refractivity (Wildman–Crippen MR) is 103 cm³/mol. The number of aromatic amines is 2. The van der Waals surface area contributed by atoms with Crippen LogP contribution >= 0.6 is 11.6 Å². The fourth-order valence-corrected chi connectivity index (χ4v) is 3.71. The van der Waals surface area contributed by atoms with Crippen molar-refractivity contribution in [3.63, 3.8) is 0 Å². The number of nitrogens with one attached hydrogen (secondary N) is 2. The monoisotopic (exact) mass is 431 g/mol. The van der Waals surface area contributed by atoms with Crippen molar-refractivity contribution in [1.29, 1.82) is 0 Å². The average Bonchev–Trinajstić information content (AvgIpc) is 3.26. The highest BCUT2D eigenvalue weighted by Crippen LogP contribution is 2.43. The number of fused-ring (bicyclic) bond motifs is 1. The van der Waals surface area contributed by atoms with Crippen molar-refractivity contribution in [3.05, 3.63) is 64.3 Å². The molecule has 2 N–H and O–H groups in total. The molecule has 0 unspecified atom stereocenters. The molecule has 1 saturated carbocycles. The van der Waals surface area contributed by atoms with Crippen molar-refractivity contribution in [2.75, 3.05) is 0 Å². The first-order valence-electron chi connectivity index (χ1n) is 9.12. The van der Waals surface area contributed by atoms with Gasteiger partial charge in [0.2, 0.25) is 0 Å². The van der Waals surface area contributed by atoms with Gasteiger partial charge >= 0.3 is 6.18 Å². The van der Waals surface area contributed by atoms with Crippen molar-refractivity contribution in [1.82, 2.24) is 24.9 Å². The number of rotatable bonds is 4. The molecule has 152 valence electrons. The molecule has 5 rings (SSSR count). The number of pyridine rings is 2. The standard InChI is InChI=1S/C20H13ClF3N5O/c21-14-15(9-3-4-9)27-8-13-16(14)29-19(28-13)12-6-10(7-26-12)17(30)11-2-1-5-25-18(11)20(22,23)24/h1-2,5-9,26H,3-4H2,(H,28,29). The number of hydrogen-bond donors (Lipinski definition) is 2. The van der Waals surface area contributed by atoms with Crippen LogP contribution in [0.3, 0.4) is 0 Å². The van der Waals surface area contributed by atoms with Crippen LogP contribution in [-0.2, 0) is 6.18 Å². The fraction of sp³-hybridized carbons (Fsp3) is 0.200. The Bertz CT molecular complexity index is 1290. The lowest BCUT2D eigenvalue weighted by molar-refractivity contribution is -0.141. The van der Waals surface area contributed by atoms with Crippen LogP contribution in [0.25, 0.3) is 22.6 Å². The third-order valence-corrected chi connectivity index (χ3v) is 5.37. The van der Waals surface area contributed by atoms with Crippen LogP contribution in [0.1, 0.15) is 46.1 Å². The van der Waals surface area contributed by atoms with Crippen molar-refractivity contribution < 1.29 is 18.0 Å². The summed E-state index contributed by atoms with van der Waals surface area (Å²) in [6.45, 7) is 0. The molecular weight excluding hydrogens is 419 g/mol. The van der Waals surface area contributed by atoms with Crippen LogP contribution in [0.15, 0.2) is 36.8 Å². The molecule has 10 heteroatoms. The zero-order valence-corrected chi connectivity index (χ0v) is 16.0. The number of carbonyl (C=O) groups is 1. The van der Waals surface area contributed by atoms with Crippen LogP contribution in [0.2, 0.25) is 5.02 Å². The highest BCUT2D eigenvalue weighted by molar-refractivity contribution is 6.35. The molecule has 0 aromatic carbocycles. The van der Waals surface area contributed by atoms with Gasteiger partial charge in [0.15, 0.2) is 17.3 Å². The number of alkyl halides is 3. The topological polar surface area (TPSA) is 87.3 Å². The van der Waals surface area contributed by atoms with Crippen molar-refractivity contribution in [2.45, 2.75) is 24.9 Å². The molecule has 4 aromatic rings. The summed E-state index contributed by atoms with van der Waals surface area (Å²) < 4.78 is 39.6. The Hall–Kier alpha value is -3.20. The Morgan fingerprint density at radius 1 is 1.23 bits per heavy atom. The first-order chi connectivity index (χ1) is 14.3. The van der Waals surface area contributed by atoms with Gasteiger partial charge < -0.3 is 9.97 Å². The Balaban J connectivity index is 1.51. The molecule has 0 saturated heterocycles. The quantitative estimate of drug-likeness (QED) is 0.438. The number of carbonyl (C=O) groups excluding carboxylic acids is 1. The van der Waals surface area contributed by atoms with E-state index in [1.54, 1.807) is 6.20 Å². The molecule has 0 radical (unpaired) electrons. The van der Waals surface area contributed by atoms with Gasteiger partial charge in [-0.05, 0) is 31.0 Å². The van der Waals surface area contributed by atoms with E-state index in [0.717, 1.165) is 30.8 Å². The Morgan fingerprint density at radius 2 is 2.03 bits per heavy atom. The second kappa shape index (κ2) is 6.66. The van der Waals surface area contributed by atoms with E-state index in [1.165, 1.54) is 18.3 Å². The summed E-state index contributed by atoms with van der Waals surface area (Å²) in [6, 6.07) is 3.84. The Labute approximate surface area is 172 Å².